The second kappa shape index (κ2) is 7.76. The number of methoxy groups -OCH3 is 1. The zero-order valence-corrected chi connectivity index (χ0v) is 15.6. The van der Waals surface area contributed by atoms with Crippen LogP contribution in [0.25, 0.3) is 11.3 Å². The lowest BCUT2D eigenvalue weighted by Crippen LogP contribution is -2.48. The third-order valence-electron chi connectivity index (χ3n) is 4.94. The molecular weight excluding hydrogens is 359 g/mol. The second-order valence-electron chi connectivity index (χ2n) is 6.62. The number of ether oxygens (including phenoxy) is 1. The molecule has 0 radical (unpaired) electrons. The Hall–Kier alpha value is -3.28. The Morgan fingerprint density at radius 3 is 2.39 bits per heavy atom. The van der Waals surface area contributed by atoms with Gasteiger partial charge in [-0.15, -0.1) is 0 Å². The normalized spacial score (nSPS) is 14.2. The number of nitrogens with zero attached hydrogens (tertiary/aromatic N) is 2. The van der Waals surface area contributed by atoms with Gasteiger partial charge in [-0.2, -0.15) is 0 Å². The zero-order valence-electron chi connectivity index (χ0n) is 15.6. The van der Waals surface area contributed by atoms with Crippen molar-refractivity contribution in [3.63, 3.8) is 0 Å². The summed E-state index contributed by atoms with van der Waals surface area (Å²) >= 11 is 0. The van der Waals surface area contributed by atoms with Crippen LogP contribution in [0.5, 0.6) is 5.75 Å². The van der Waals surface area contributed by atoms with Crippen molar-refractivity contribution in [1.82, 2.24) is 4.90 Å². The number of anilines is 1. The number of halogens is 1. The number of benzene rings is 2. The van der Waals surface area contributed by atoms with Crippen molar-refractivity contribution in [1.29, 1.82) is 0 Å². The molecule has 1 amide bonds. The molecule has 1 saturated heterocycles. The van der Waals surface area contributed by atoms with E-state index < -0.39 is 0 Å². The highest BCUT2D eigenvalue weighted by Gasteiger charge is 2.25. The first-order valence-corrected chi connectivity index (χ1v) is 9.19. The fourth-order valence-electron chi connectivity index (χ4n) is 3.42. The molecule has 2 heterocycles. The van der Waals surface area contributed by atoms with Crippen molar-refractivity contribution in [2.75, 3.05) is 38.2 Å². The van der Waals surface area contributed by atoms with E-state index in [2.05, 4.69) is 4.90 Å². The third kappa shape index (κ3) is 3.58. The molecule has 28 heavy (non-hydrogen) atoms. The van der Waals surface area contributed by atoms with Crippen LogP contribution < -0.4 is 9.64 Å². The highest BCUT2D eigenvalue weighted by molar-refractivity contribution is 5.92. The van der Waals surface area contributed by atoms with Gasteiger partial charge in [-0.05, 0) is 48.5 Å². The molecule has 0 spiro atoms. The maximum absolute atomic E-state index is 13.1. The number of para-hydroxylation sites is 2. The lowest BCUT2D eigenvalue weighted by molar-refractivity contribution is 0.0715. The average Bonchev–Trinajstić information content (AvgIpc) is 3.24. The van der Waals surface area contributed by atoms with Gasteiger partial charge in [-0.3, -0.25) is 4.79 Å². The van der Waals surface area contributed by atoms with E-state index >= 15 is 0 Å². The predicted octanol–water partition coefficient (Wildman–Crippen LogP) is 4.06. The molecule has 144 valence electrons. The summed E-state index contributed by atoms with van der Waals surface area (Å²) in [6.45, 7) is 2.64. The van der Waals surface area contributed by atoms with Crippen molar-refractivity contribution in [2.24, 2.45) is 0 Å². The zero-order chi connectivity index (χ0) is 19.5. The van der Waals surface area contributed by atoms with Gasteiger partial charge in [0.2, 0.25) is 0 Å². The SMILES string of the molecule is COc1ccccc1N1CCN(C(=O)c2ccc(-c3ccc(F)cc3)o2)CC1. The molecule has 0 atom stereocenters. The van der Waals surface area contributed by atoms with E-state index in [1.165, 1.54) is 12.1 Å². The molecule has 5 nitrogen and oxygen atoms in total. The molecule has 1 fully saturated rings. The number of hydrogen-bond donors (Lipinski definition) is 0. The average molecular weight is 380 g/mol. The molecule has 0 bridgehead atoms. The van der Waals surface area contributed by atoms with Gasteiger partial charge in [0.1, 0.15) is 17.3 Å². The fraction of sp³-hybridized carbons (Fsp3) is 0.227. The van der Waals surface area contributed by atoms with Crippen molar-refractivity contribution in [3.05, 3.63) is 72.2 Å². The molecule has 0 aliphatic carbocycles. The summed E-state index contributed by atoms with van der Waals surface area (Å²) in [6, 6.07) is 17.3. The Morgan fingerprint density at radius 1 is 0.964 bits per heavy atom. The van der Waals surface area contributed by atoms with Crippen LogP contribution in [0, 0.1) is 5.82 Å². The summed E-state index contributed by atoms with van der Waals surface area (Å²) < 4.78 is 24.2. The molecule has 1 aliphatic rings. The molecule has 2 aromatic carbocycles. The van der Waals surface area contributed by atoms with Crippen molar-refractivity contribution >= 4 is 11.6 Å². The molecular formula is C22H21FN2O3. The Balaban J connectivity index is 1.42. The molecule has 6 heteroatoms. The van der Waals surface area contributed by atoms with Crippen molar-refractivity contribution in [2.45, 2.75) is 0 Å². The summed E-state index contributed by atoms with van der Waals surface area (Å²) in [5.74, 6) is 1.24. The van der Waals surface area contributed by atoms with Crippen LogP contribution in [0.1, 0.15) is 10.6 Å². The van der Waals surface area contributed by atoms with Crippen LogP contribution in [0.4, 0.5) is 10.1 Å². The number of hydrogen-bond acceptors (Lipinski definition) is 4. The Morgan fingerprint density at radius 2 is 1.68 bits per heavy atom. The quantitative estimate of drug-likeness (QED) is 0.685. The smallest absolute Gasteiger partial charge is 0.289 e. The monoisotopic (exact) mass is 380 g/mol. The van der Waals surface area contributed by atoms with E-state index in [1.807, 2.05) is 24.3 Å². The standard InChI is InChI=1S/C22H21FN2O3/c1-27-20-5-3-2-4-18(20)24-12-14-25(15-13-24)22(26)21-11-10-19(28-21)16-6-8-17(23)9-7-16/h2-11H,12-15H2,1H3. The number of amides is 1. The number of carbonyl (C=O) groups excluding carboxylic acids is 1. The first-order chi connectivity index (χ1) is 13.7. The maximum Gasteiger partial charge on any atom is 0.289 e. The van der Waals surface area contributed by atoms with E-state index in [0.29, 0.717) is 24.6 Å². The minimum Gasteiger partial charge on any atom is -0.495 e. The van der Waals surface area contributed by atoms with Crippen molar-refractivity contribution in [3.8, 4) is 17.1 Å². The van der Waals surface area contributed by atoms with Crippen LogP contribution in [-0.4, -0.2) is 44.1 Å². The topological polar surface area (TPSA) is 45.9 Å². The van der Waals surface area contributed by atoms with Gasteiger partial charge in [0.15, 0.2) is 5.76 Å². The van der Waals surface area contributed by atoms with Gasteiger partial charge in [0.25, 0.3) is 5.91 Å². The lowest BCUT2D eigenvalue weighted by Gasteiger charge is -2.36. The summed E-state index contributed by atoms with van der Waals surface area (Å²) in [4.78, 5) is 16.8. The predicted molar refractivity (Wildman–Crippen MR) is 105 cm³/mol. The second-order valence-corrected chi connectivity index (χ2v) is 6.62. The van der Waals surface area contributed by atoms with Crippen LogP contribution in [-0.2, 0) is 0 Å². The largest absolute Gasteiger partial charge is 0.495 e. The molecule has 1 aliphatic heterocycles. The Kier molecular flexibility index (Phi) is 5.02. The lowest BCUT2D eigenvalue weighted by atomic mass is 10.2. The van der Waals surface area contributed by atoms with Crippen LogP contribution >= 0.6 is 0 Å². The van der Waals surface area contributed by atoms with Gasteiger partial charge in [0.05, 0.1) is 12.8 Å². The van der Waals surface area contributed by atoms with E-state index in [0.717, 1.165) is 30.1 Å². The van der Waals surface area contributed by atoms with Gasteiger partial charge >= 0.3 is 0 Å². The molecule has 0 N–H and O–H groups in total. The molecule has 4 rings (SSSR count). The number of carbonyl (C=O) groups is 1. The summed E-state index contributed by atoms with van der Waals surface area (Å²) in [6.07, 6.45) is 0. The van der Waals surface area contributed by atoms with E-state index in [1.54, 1.807) is 36.3 Å². The first kappa shape index (κ1) is 18.1. The van der Waals surface area contributed by atoms with Gasteiger partial charge in [-0.25, -0.2) is 4.39 Å². The van der Waals surface area contributed by atoms with Gasteiger partial charge in [0, 0.05) is 31.7 Å². The van der Waals surface area contributed by atoms with E-state index in [9.17, 15) is 9.18 Å². The molecule has 0 saturated carbocycles. The summed E-state index contributed by atoms with van der Waals surface area (Å²) in [5, 5.41) is 0. The Bertz CT molecular complexity index is 960. The highest BCUT2D eigenvalue weighted by atomic mass is 19.1. The van der Waals surface area contributed by atoms with Crippen molar-refractivity contribution < 1.29 is 18.3 Å². The third-order valence-corrected chi connectivity index (χ3v) is 4.94. The minimum absolute atomic E-state index is 0.131. The van der Waals surface area contributed by atoms with Crippen LogP contribution in [0.2, 0.25) is 0 Å². The number of piperazine rings is 1. The number of furan rings is 1. The van der Waals surface area contributed by atoms with E-state index in [-0.39, 0.29) is 11.7 Å². The number of rotatable bonds is 4. The van der Waals surface area contributed by atoms with Crippen LogP contribution in [0.15, 0.2) is 65.1 Å². The summed E-state index contributed by atoms with van der Waals surface area (Å²) in [5.41, 5.74) is 1.77. The fourth-order valence-corrected chi connectivity index (χ4v) is 3.42. The molecule has 1 aromatic heterocycles. The molecule has 3 aromatic rings. The maximum atomic E-state index is 13.1. The first-order valence-electron chi connectivity index (χ1n) is 9.19. The summed E-state index contributed by atoms with van der Waals surface area (Å²) in [7, 11) is 1.66. The highest BCUT2D eigenvalue weighted by Crippen LogP contribution is 2.29. The van der Waals surface area contributed by atoms with Crippen LogP contribution in [0.3, 0.4) is 0 Å². The van der Waals surface area contributed by atoms with E-state index in [4.69, 9.17) is 9.15 Å². The van der Waals surface area contributed by atoms with Gasteiger partial charge < -0.3 is 19.0 Å². The molecule has 0 unspecified atom stereocenters. The minimum atomic E-state index is -0.306. The van der Waals surface area contributed by atoms with Gasteiger partial charge in [-0.1, -0.05) is 12.1 Å². The Labute approximate surface area is 162 Å².